The maximum Gasteiger partial charge on any atom is 0.261 e. The lowest BCUT2D eigenvalue weighted by Gasteiger charge is -2.30. The van der Waals surface area contributed by atoms with Crippen LogP contribution in [0.2, 0.25) is 10.0 Å². The molecule has 1 atom stereocenters. The number of likely N-dealkylation sites (N-methyl/N-ethyl adjacent to an activating group) is 1. The van der Waals surface area contributed by atoms with Gasteiger partial charge in [-0.3, -0.25) is 9.59 Å². The van der Waals surface area contributed by atoms with Crippen LogP contribution in [-0.4, -0.2) is 36.4 Å². The molecule has 156 valence electrons. The van der Waals surface area contributed by atoms with E-state index >= 15 is 0 Å². The summed E-state index contributed by atoms with van der Waals surface area (Å²) in [4.78, 5) is 26.8. The van der Waals surface area contributed by atoms with E-state index in [0.29, 0.717) is 22.2 Å². The maximum atomic E-state index is 13.0. The Labute approximate surface area is 181 Å². The molecule has 29 heavy (non-hydrogen) atoms. The molecule has 0 spiro atoms. The summed E-state index contributed by atoms with van der Waals surface area (Å²) in [5.41, 5.74) is 1.97. The molecule has 0 aliphatic heterocycles. The average Bonchev–Trinajstić information content (AvgIpc) is 2.74. The van der Waals surface area contributed by atoms with Gasteiger partial charge in [-0.05, 0) is 48.2 Å². The largest absolute Gasteiger partial charge is 0.484 e. The molecule has 0 bridgehead atoms. The number of carbonyl (C=O) groups is 2. The van der Waals surface area contributed by atoms with E-state index in [1.54, 1.807) is 25.2 Å². The van der Waals surface area contributed by atoms with Gasteiger partial charge in [0.1, 0.15) is 11.8 Å². The summed E-state index contributed by atoms with van der Waals surface area (Å²) >= 11 is 12.1. The molecule has 2 aromatic carbocycles. The third-order valence-electron chi connectivity index (χ3n) is 4.66. The zero-order chi connectivity index (χ0) is 21.4. The number of hydrogen-bond acceptors (Lipinski definition) is 3. The smallest absolute Gasteiger partial charge is 0.261 e. The van der Waals surface area contributed by atoms with Crippen molar-refractivity contribution in [2.24, 2.45) is 0 Å². The van der Waals surface area contributed by atoms with Crippen LogP contribution in [0.5, 0.6) is 5.75 Å². The Morgan fingerprint density at radius 1 is 1.03 bits per heavy atom. The Morgan fingerprint density at radius 3 is 2.24 bits per heavy atom. The van der Waals surface area contributed by atoms with Crippen LogP contribution in [-0.2, 0) is 22.6 Å². The lowest BCUT2D eigenvalue weighted by atomic mass is 10.1. The van der Waals surface area contributed by atoms with Gasteiger partial charge in [-0.15, -0.1) is 0 Å². The highest BCUT2D eigenvalue weighted by Gasteiger charge is 2.28. The van der Waals surface area contributed by atoms with E-state index in [4.69, 9.17) is 27.9 Å². The van der Waals surface area contributed by atoms with Gasteiger partial charge in [-0.1, -0.05) is 55.2 Å². The summed E-state index contributed by atoms with van der Waals surface area (Å²) in [5.74, 6) is 0.0947. The maximum absolute atomic E-state index is 13.0. The Kier molecular flexibility index (Phi) is 8.80. The highest BCUT2D eigenvalue weighted by atomic mass is 35.5. The minimum atomic E-state index is -0.618. The second-order valence-electron chi connectivity index (χ2n) is 6.59. The number of hydrogen-bond donors (Lipinski definition) is 1. The number of carbonyl (C=O) groups excluding carboxylic acids is 2. The lowest BCUT2D eigenvalue weighted by Crippen LogP contribution is -2.49. The van der Waals surface area contributed by atoms with Gasteiger partial charge in [0.15, 0.2) is 6.61 Å². The van der Waals surface area contributed by atoms with E-state index in [-0.39, 0.29) is 25.0 Å². The van der Waals surface area contributed by atoms with E-state index in [1.807, 2.05) is 31.2 Å². The molecule has 5 nitrogen and oxygen atoms in total. The SMILES string of the molecule is CCc1ccc(OCC(=O)N(Cc2ccc(Cl)c(Cl)c2)[C@H](CC)C(=O)NC)cc1. The van der Waals surface area contributed by atoms with Crippen molar-refractivity contribution in [2.45, 2.75) is 39.3 Å². The van der Waals surface area contributed by atoms with Crippen molar-refractivity contribution < 1.29 is 14.3 Å². The van der Waals surface area contributed by atoms with Crippen molar-refractivity contribution in [3.63, 3.8) is 0 Å². The number of nitrogens with one attached hydrogen (secondary N) is 1. The fourth-order valence-electron chi connectivity index (χ4n) is 2.97. The molecule has 2 aromatic rings. The Balaban J connectivity index is 2.18. The van der Waals surface area contributed by atoms with Gasteiger partial charge in [0, 0.05) is 13.6 Å². The number of rotatable bonds is 9. The number of nitrogens with zero attached hydrogens (tertiary/aromatic N) is 1. The lowest BCUT2D eigenvalue weighted by molar-refractivity contribution is -0.142. The van der Waals surface area contributed by atoms with E-state index in [9.17, 15) is 9.59 Å². The molecule has 0 aromatic heterocycles. The second-order valence-corrected chi connectivity index (χ2v) is 7.41. The normalized spacial score (nSPS) is 11.6. The first-order valence-electron chi connectivity index (χ1n) is 9.56. The van der Waals surface area contributed by atoms with Crippen LogP contribution in [0.4, 0.5) is 0 Å². The van der Waals surface area contributed by atoms with E-state index in [2.05, 4.69) is 12.2 Å². The highest BCUT2D eigenvalue weighted by Crippen LogP contribution is 2.24. The van der Waals surface area contributed by atoms with Crippen molar-refractivity contribution in [2.75, 3.05) is 13.7 Å². The highest BCUT2D eigenvalue weighted by molar-refractivity contribution is 6.42. The summed E-state index contributed by atoms with van der Waals surface area (Å²) in [6, 6.07) is 12.2. The fraction of sp³-hybridized carbons (Fsp3) is 0.364. The third kappa shape index (κ3) is 6.38. The molecule has 2 rings (SSSR count). The summed E-state index contributed by atoms with van der Waals surface area (Å²) in [6.07, 6.45) is 1.40. The number of halogens is 2. The molecule has 0 saturated heterocycles. The second kappa shape index (κ2) is 11.1. The van der Waals surface area contributed by atoms with Crippen LogP contribution < -0.4 is 10.1 Å². The van der Waals surface area contributed by atoms with E-state index in [0.717, 1.165) is 12.0 Å². The molecule has 0 saturated carbocycles. The number of ether oxygens (including phenoxy) is 1. The van der Waals surface area contributed by atoms with Crippen LogP contribution in [0, 0.1) is 0 Å². The van der Waals surface area contributed by atoms with Crippen LogP contribution in [0.15, 0.2) is 42.5 Å². The Morgan fingerprint density at radius 2 is 1.69 bits per heavy atom. The predicted molar refractivity (Wildman–Crippen MR) is 116 cm³/mol. The Hall–Kier alpha value is -2.24. The molecule has 0 fully saturated rings. The molecular formula is C22H26Cl2N2O3. The predicted octanol–water partition coefficient (Wildman–Crippen LogP) is 4.49. The fourth-order valence-corrected chi connectivity index (χ4v) is 3.29. The summed E-state index contributed by atoms with van der Waals surface area (Å²) in [6.45, 7) is 3.99. The van der Waals surface area contributed by atoms with Gasteiger partial charge in [0.2, 0.25) is 5.91 Å². The van der Waals surface area contributed by atoms with Gasteiger partial charge in [0.05, 0.1) is 10.0 Å². The Bertz CT molecular complexity index is 840. The van der Waals surface area contributed by atoms with Crippen molar-refractivity contribution in [1.29, 1.82) is 0 Å². The van der Waals surface area contributed by atoms with E-state index < -0.39 is 6.04 Å². The monoisotopic (exact) mass is 436 g/mol. The van der Waals surface area contributed by atoms with Crippen molar-refractivity contribution in [3.05, 3.63) is 63.6 Å². The van der Waals surface area contributed by atoms with Gasteiger partial charge in [0.25, 0.3) is 5.91 Å². The summed E-state index contributed by atoms with van der Waals surface area (Å²) in [7, 11) is 1.55. The molecule has 7 heteroatoms. The molecule has 0 aliphatic rings. The van der Waals surface area contributed by atoms with Gasteiger partial charge < -0.3 is 15.0 Å². The first kappa shape index (κ1) is 23.0. The van der Waals surface area contributed by atoms with Gasteiger partial charge in [-0.25, -0.2) is 0 Å². The van der Waals surface area contributed by atoms with Crippen molar-refractivity contribution in [1.82, 2.24) is 10.2 Å². The number of amides is 2. The zero-order valence-electron chi connectivity index (χ0n) is 16.9. The molecule has 2 amide bonds. The standard InChI is InChI=1S/C22H26Cl2N2O3/c1-4-15-6-9-17(10-7-15)29-14-21(27)26(20(5-2)22(28)25-3)13-16-8-11-18(23)19(24)12-16/h6-12,20H,4-5,13-14H2,1-3H3,(H,25,28)/t20-/m1/s1. The van der Waals surface area contributed by atoms with Crippen LogP contribution in [0.25, 0.3) is 0 Å². The van der Waals surface area contributed by atoms with Gasteiger partial charge in [-0.2, -0.15) is 0 Å². The summed E-state index contributed by atoms with van der Waals surface area (Å²) in [5, 5.41) is 3.46. The number of aryl methyl sites for hydroxylation is 1. The van der Waals surface area contributed by atoms with Crippen LogP contribution in [0.3, 0.4) is 0 Å². The van der Waals surface area contributed by atoms with Crippen molar-refractivity contribution in [3.8, 4) is 5.75 Å². The topological polar surface area (TPSA) is 58.6 Å². The van der Waals surface area contributed by atoms with Crippen LogP contribution >= 0.6 is 23.2 Å². The molecule has 0 radical (unpaired) electrons. The molecule has 1 N–H and O–H groups in total. The van der Waals surface area contributed by atoms with Crippen molar-refractivity contribution >= 4 is 35.0 Å². The minimum Gasteiger partial charge on any atom is -0.484 e. The minimum absolute atomic E-state index is 0.166. The molecular weight excluding hydrogens is 411 g/mol. The number of benzene rings is 2. The van der Waals surface area contributed by atoms with Gasteiger partial charge >= 0.3 is 0 Å². The molecule has 0 heterocycles. The summed E-state index contributed by atoms with van der Waals surface area (Å²) < 4.78 is 5.67. The first-order valence-corrected chi connectivity index (χ1v) is 10.3. The quantitative estimate of drug-likeness (QED) is 0.629. The first-order chi connectivity index (χ1) is 13.9. The molecule has 0 aliphatic carbocycles. The molecule has 0 unspecified atom stereocenters. The third-order valence-corrected chi connectivity index (χ3v) is 5.40. The van der Waals surface area contributed by atoms with Crippen LogP contribution in [0.1, 0.15) is 31.4 Å². The van der Waals surface area contributed by atoms with E-state index in [1.165, 1.54) is 10.5 Å². The average molecular weight is 437 g/mol. The zero-order valence-corrected chi connectivity index (χ0v) is 18.4.